The molecule has 2 rings (SSSR count). The van der Waals surface area contributed by atoms with Gasteiger partial charge < -0.3 is 0 Å². The van der Waals surface area contributed by atoms with Crippen LogP contribution >= 0.6 is 11.6 Å². The molecule has 1 heteroatoms. The van der Waals surface area contributed by atoms with E-state index in [-0.39, 0.29) is 0 Å². The van der Waals surface area contributed by atoms with Crippen LogP contribution in [0.5, 0.6) is 0 Å². The van der Waals surface area contributed by atoms with Crippen molar-refractivity contribution < 1.29 is 0 Å². The van der Waals surface area contributed by atoms with Crippen LogP contribution in [-0.2, 0) is 0 Å². The summed E-state index contributed by atoms with van der Waals surface area (Å²) in [5.41, 5.74) is 2.59. The fraction of sp³-hybridized carbons (Fsp3) is 0.273. The lowest BCUT2D eigenvalue weighted by Gasteiger charge is -2.09. The number of hydrogen-bond donors (Lipinski definition) is 0. The third-order valence-corrected chi connectivity index (χ3v) is 2.73. The van der Waals surface area contributed by atoms with Gasteiger partial charge in [-0.2, -0.15) is 0 Å². The minimum atomic E-state index is 0.536. The van der Waals surface area contributed by atoms with E-state index < -0.39 is 0 Å². The maximum absolute atomic E-state index is 6.10. The molecule has 62 valence electrons. The first-order chi connectivity index (χ1) is 5.83. The van der Waals surface area contributed by atoms with Crippen LogP contribution in [0, 0.1) is 0 Å². The molecule has 1 atom stereocenters. The summed E-state index contributed by atoms with van der Waals surface area (Å²) in [5.74, 6) is 0.536. The summed E-state index contributed by atoms with van der Waals surface area (Å²) >= 11 is 6.10. The molecule has 0 aromatic heterocycles. The molecule has 0 bridgehead atoms. The molecule has 1 aliphatic carbocycles. The molecule has 1 aliphatic rings. The first-order valence-electron chi connectivity index (χ1n) is 4.29. The quantitative estimate of drug-likeness (QED) is 0.613. The fourth-order valence-corrected chi connectivity index (χ4v) is 2.07. The lowest BCUT2D eigenvalue weighted by molar-refractivity contribution is 0.818. The van der Waals surface area contributed by atoms with Gasteiger partial charge in [0.05, 0.1) is 0 Å². The monoisotopic (exact) mass is 178 g/mol. The van der Waals surface area contributed by atoms with Crippen LogP contribution in [-0.4, -0.2) is 0 Å². The molecule has 0 radical (unpaired) electrons. The average Bonchev–Trinajstić information content (AvgIpc) is 2.49. The molecule has 0 heterocycles. The summed E-state index contributed by atoms with van der Waals surface area (Å²) < 4.78 is 0. The summed E-state index contributed by atoms with van der Waals surface area (Å²) in [4.78, 5) is 0. The Morgan fingerprint density at radius 3 is 3.00 bits per heavy atom. The first kappa shape index (κ1) is 7.88. The van der Waals surface area contributed by atoms with Crippen LogP contribution in [0.15, 0.2) is 24.3 Å². The smallest absolute Gasteiger partial charge is 0.0449 e. The molecule has 0 amide bonds. The lowest BCUT2D eigenvalue weighted by atomic mass is 9.98. The van der Waals surface area contributed by atoms with Crippen molar-refractivity contribution in [3.8, 4) is 0 Å². The van der Waals surface area contributed by atoms with Gasteiger partial charge in [0.15, 0.2) is 0 Å². The van der Waals surface area contributed by atoms with Gasteiger partial charge >= 0.3 is 0 Å². The second kappa shape index (κ2) is 2.95. The summed E-state index contributed by atoms with van der Waals surface area (Å²) in [6.07, 6.45) is 5.53. The molecular formula is C11H11Cl. The highest BCUT2D eigenvalue weighted by Gasteiger charge is 2.17. The Bertz CT molecular complexity index is 326. The first-order valence-corrected chi connectivity index (χ1v) is 4.67. The average molecular weight is 179 g/mol. The van der Waals surface area contributed by atoms with Crippen molar-refractivity contribution >= 4 is 17.7 Å². The van der Waals surface area contributed by atoms with E-state index in [0.717, 1.165) is 11.4 Å². The highest BCUT2D eigenvalue weighted by atomic mass is 35.5. The van der Waals surface area contributed by atoms with Crippen molar-refractivity contribution in [3.63, 3.8) is 0 Å². The van der Waals surface area contributed by atoms with Crippen LogP contribution in [0.4, 0.5) is 0 Å². The largest absolute Gasteiger partial charge is 0.0840 e. The molecule has 0 saturated heterocycles. The summed E-state index contributed by atoms with van der Waals surface area (Å²) in [7, 11) is 0. The van der Waals surface area contributed by atoms with E-state index in [1.165, 1.54) is 11.1 Å². The topological polar surface area (TPSA) is 0 Å². The molecule has 0 aliphatic heterocycles. The Kier molecular flexibility index (Phi) is 1.93. The van der Waals surface area contributed by atoms with Crippen molar-refractivity contribution in [1.29, 1.82) is 0 Å². The number of allylic oxidation sites excluding steroid dienone is 1. The van der Waals surface area contributed by atoms with E-state index in [4.69, 9.17) is 11.6 Å². The Balaban J connectivity index is 2.54. The maximum atomic E-state index is 6.10. The molecule has 0 nitrogen and oxygen atoms in total. The maximum Gasteiger partial charge on any atom is 0.0449 e. The van der Waals surface area contributed by atoms with Crippen molar-refractivity contribution in [3.05, 3.63) is 40.4 Å². The Hall–Kier alpha value is -0.750. The molecule has 0 saturated carbocycles. The van der Waals surface area contributed by atoms with Gasteiger partial charge in [-0.1, -0.05) is 42.8 Å². The fourth-order valence-electron chi connectivity index (χ4n) is 1.75. The minimum Gasteiger partial charge on any atom is -0.0840 e. The lowest BCUT2D eigenvalue weighted by Crippen LogP contribution is -1.91. The van der Waals surface area contributed by atoms with E-state index in [1.807, 2.05) is 12.1 Å². The normalized spacial score (nSPS) is 19.7. The zero-order valence-electron chi connectivity index (χ0n) is 7.05. The van der Waals surface area contributed by atoms with Crippen molar-refractivity contribution in [2.24, 2.45) is 0 Å². The molecule has 1 aromatic carbocycles. The molecule has 12 heavy (non-hydrogen) atoms. The van der Waals surface area contributed by atoms with E-state index in [2.05, 4.69) is 25.1 Å². The van der Waals surface area contributed by atoms with Crippen LogP contribution in [0.25, 0.3) is 6.08 Å². The number of rotatable bonds is 1. The second-order valence-electron chi connectivity index (χ2n) is 3.12. The Morgan fingerprint density at radius 2 is 2.25 bits per heavy atom. The van der Waals surface area contributed by atoms with Crippen molar-refractivity contribution in [1.82, 2.24) is 0 Å². The number of benzene rings is 1. The summed E-state index contributed by atoms with van der Waals surface area (Å²) in [5, 5.41) is 0.907. The molecule has 1 unspecified atom stereocenters. The molecule has 0 N–H and O–H groups in total. The van der Waals surface area contributed by atoms with Gasteiger partial charge in [0.1, 0.15) is 0 Å². The predicted octanol–water partition coefficient (Wildman–Crippen LogP) is 3.86. The Labute approximate surface area is 77.9 Å². The number of hydrogen-bond acceptors (Lipinski definition) is 0. The SMILES string of the molecule is CCC1C=Cc2cccc(Cl)c21. The van der Waals surface area contributed by atoms with E-state index in [0.29, 0.717) is 5.92 Å². The van der Waals surface area contributed by atoms with Gasteiger partial charge in [0.25, 0.3) is 0 Å². The third kappa shape index (κ3) is 1.07. The van der Waals surface area contributed by atoms with Crippen LogP contribution in [0.2, 0.25) is 5.02 Å². The number of fused-ring (bicyclic) bond motifs is 1. The van der Waals surface area contributed by atoms with Gasteiger partial charge in [0, 0.05) is 10.9 Å². The molecular weight excluding hydrogens is 168 g/mol. The highest BCUT2D eigenvalue weighted by Crippen LogP contribution is 2.36. The van der Waals surface area contributed by atoms with E-state index in [1.54, 1.807) is 0 Å². The molecule has 0 fully saturated rings. The van der Waals surface area contributed by atoms with Gasteiger partial charge in [-0.25, -0.2) is 0 Å². The second-order valence-corrected chi connectivity index (χ2v) is 3.52. The zero-order chi connectivity index (χ0) is 8.55. The van der Waals surface area contributed by atoms with E-state index >= 15 is 0 Å². The molecule has 1 aromatic rings. The van der Waals surface area contributed by atoms with Crippen LogP contribution in [0.3, 0.4) is 0 Å². The van der Waals surface area contributed by atoms with Gasteiger partial charge in [0.2, 0.25) is 0 Å². The highest BCUT2D eigenvalue weighted by molar-refractivity contribution is 6.31. The summed E-state index contributed by atoms with van der Waals surface area (Å²) in [6.45, 7) is 2.19. The minimum absolute atomic E-state index is 0.536. The van der Waals surface area contributed by atoms with Gasteiger partial charge in [-0.15, -0.1) is 0 Å². The summed E-state index contributed by atoms with van der Waals surface area (Å²) in [6, 6.07) is 6.09. The Morgan fingerprint density at radius 1 is 1.42 bits per heavy atom. The van der Waals surface area contributed by atoms with Crippen molar-refractivity contribution in [2.45, 2.75) is 19.3 Å². The molecule has 0 spiro atoms. The zero-order valence-corrected chi connectivity index (χ0v) is 7.81. The van der Waals surface area contributed by atoms with Crippen molar-refractivity contribution in [2.75, 3.05) is 0 Å². The van der Waals surface area contributed by atoms with Crippen LogP contribution in [0.1, 0.15) is 30.4 Å². The number of halogens is 1. The standard InChI is InChI=1S/C11H11Cl/c1-2-8-6-7-9-4-3-5-10(12)11(8)9/h3-8H,2H2,1H3. The predicted molar refractivity (Wildman–Crippen MR) is 53.5 cm³/mol. The van der Waals surface area contributed by atoms with E-state index in [9.17, 15) is 0 Å². The van der Waals surface area contributed by atoms with Gasteiger partial charge in [-0.05, 0) is 23.6 Å². The third-order valence-electron chi connectivity index (χ3n) is 2.41. The van der Waals surface area contributed by atoms with Crippen LogP contribution < -0.4 is 0 Å². The van der Waals surface area contributed by atoms with Gasteiger partial charge in [-0.3, -0.25) is 0 Å².